The lowest BCUT2D eigenvalue weighted by Gasteiger charge is -2.08. The Labute approximate surface area is 91.8 Å². The molecule has 0 radical (unpaired) electrons. The van der Waals surface area contributed by atoms with E-state index >= 15 is 0 Å². The maximum atomic E-state index is 10.9. The van der Waals surface area contributed by atoms with Gasteiger partial charge in [0, 0.05) is 6.61 Å². The van der Waals surface area contributed by atoms with Crippen LogP contribution in [0.5, 0.6) is 0 Å². The molecular formula is C11H23NO3. The molecule has 0 amide bonds. The summed E-state index contributed by atoms with van der Waals surface area (Å²) < 4.78 is 4.53. The number of ether oxygens (including phenoxy) is 1. The van der Waals surface area contributed by atoms with Gasteiger partial charge >= 0.3 is 5.97 Å². The summed E-state index contributed by atoms with van der Waals surface area (Å²) in [6, 6.07) is -0.465. The summed E-state index contributed by atoms with van der Waals surface area (Å²) in [5, 5.41) is 8.56. The molecule has 0 bridgehead atoms. The minimum absolute atomic E-state index is 0.285. The number of hydrogen-bond donors (Lipinski definition) is 2. The molecule has 15 heavy (non-hydrogen) atoms. The lowest BCUT2D eigenvalue weighted by Crippen LogP contribution is -2.31. The summed E-state index contributed by atoms with van der Waals surface area (Å²) in [5.74, 6) is -0.324. The first kappa shape index (κ1) is 14.4. The number of rotatable bonds is 9. The first-order chi connectivity index (χ1) is 7.22. The average Bonchev–Trinajstić information content (AvgIpc) is 2.26. The van der Waals surface area contributed by atoms with Gasteiger partial charge in [-0.2, -0.15) is 0 Å². The van der Waals surface area contributed by atoms with Gasteiger partial charge in [-0.05, 0) is 12.8 Å². The van der Waals surface area contributed by atoms with E-state index in [-0.39, 0.29) is 12.6 Å². The molecule has 1 unspecified atom stereocenters. The zero-order valence-electron chi connectivity index (χ0n) is 9.58. The fourth-order valence-electron chi connectivity index (χ4n) is 1.45. The highest BCUT2D eigenvalue weighted by molar-refractivity contribution is 5.75. The highest BCUT2D eigenvalue weighted by atomic mass is 16.5. The van der Waals surface area contributed by atoms with Gasteiger partial charge in [-0.15, -0.1) is 0 Å². The van der Waals surface area contributed by atoms with Crippen LogP contribution in [0.3, 0.4) is 0 Å². The van der Waals surface area contributed by atoms with Gasteiger partial charge in [0.1, 0.15) is 6.04 Å². The quantitative estimate of drug-likeness (QED) is 0.450. The summed E-state index contributed by atoms with van der Waals surface area (Å²) in [7, 11) is 1.36. The molecule has 0 rings (SSSR count). The van der Waals surface area contributed by atoms with Gasteiger partial charge in [0.25, 0.3) is 0 Å². The number of methoxy groups -OCH3 is 1. The minimum atomic E-state index is -0.465. The lowest BCUT2D eigenvalue weighted by atomic mass is 10.1. The number of carbonyl (C=O) groups is 1. The summed E-state index contributed by atoms with van der Waals surface area (Å²) in [6.07, 6.45) is 7.03. The average molecular weight is 217 g/mol. The van der Waals surface area contributed by atoms with E-state index in [2.05, 4.69) is 4.74 Å². The molecule has 4 nitrogen and oxygen atoms in total. The summed E-state index contributed by atoms with van der Waals surface area (Å²) >= 11 is 0. The maximum absolute atomic E-state index is 10.9. The van der Waals surface area contributed by atoms with Crippen LogP contribution < -0.4 is 5.73 Å². The largest absolute Gasteiger partial charge is 0.468 e. The molecule has 0 heterocycles. The van der Waals surface area contributed by atoms with Crippen LogP contribution in [-0.4, -0.2) is 30.8 Å². The molecular weight excluding hydrogens is 194 g/mol. The fourth-order valence-corrected chi connectivity index (χ4v) is 1.45. The Morgan fingerprint density at radius 1 is 1.20 bits per heavy atom. The zero-order valence-corrected chi connectivity index (χ0v) is 9.58. The second-order valence-electron chi connectivity index (χ2n) is 3.76. The molecule has 4 heteroatoms. The number of aliphatic hydroxyl groups is 1. The molecule has 0 saturated carbocycles. The molecule has 0 aliphatic rings. The van der Waals surface area contributed by atoms with E-state index in [1.807, 2.05) is 0 Å². The van der Waals surface area contributed by atoms with Gasteiger partial charge in [-0.25, -0.2) is 0 Å². The Morgan fingerprint density at radius 3 is 2.27 bits per heavy atom. The van der Waals surface area contributed by atoms with Gasteiger partial charge in [0.05, 0.1) is 7.11 Å². The molecule has 0 aliphatic heterocycles. The molecule has 0 saturated heterocycles. The van der Waals surface area contributed by atoms with E-state index < -0.39 is 6.04 Å². The molecule has 0 aliphatic carbocycles. The van der Waals surface area contributed by atoms with Crippen LogP contribution in [0.4, 0.5) is 0 Å². The van der Waals surface area contributed by atoms with Gasteiger partial charge in [0.15, 0.2) is 0 Å². The molecule has 1 atom stereocenters. The third kappa shape index (κ3) is 8.39. The van der Waals surface area contributed by atoms with Crippen molar-refractivity contribution in [2.75, 3.05) is 13.7 Å². The van der Waals surface area contributed by atoms with Crippen molar-refractivity contribution in [3.63, 3.8) is 0 Å². The van der Waals surface area contributed by atoms with Crippen molar-refractivity contribution >= 4 is 5.97 Å². The fraction of sp³-hybridized carbons (Fsp3) is 0.909. The van der Waals surface area contributed by atoms with E-state index in [1.165, 1.54) is 7.11 Å². The van der Waals surface area contributed by atoms with E-state index in [9.17, 15) is 4.79 Å². The van der Waals surface area contributed by atoms with E-state index in [4.69, 9.17) is 10.8 Å². The monoisotopic (exact) mass is 217 g/mol. The topological polar surface area (TPSA) is 72.5 Å². The second-order valence-corrected chi connectivity index (χ2v) is 3.76. The van der Waals surface area contributed by atoms with Crippen molar-refractivity contribution < 1.29 is 14.6 Å². The van der Waals surface area contributed by atoms with Crippen LogP contribution >= 0.6 is 0 Å². The zero-order chi connectivity index (χ0) is 11.5. The van der Waals surface area contributed by atoms with Crippen molar-refractivity contribution in [1.29, 1.82) is 0 Å². The predicted octanol–water partition coefficient (Wildman–Crippen LogP) is 1.21. The highest BCUT2D eigenvalue weighted by Crippen LogP contribution is 2.08. The first-order valence-electron chi connectivity index (χ1n) is 5.66. The molecule has 3 N–H and O–H groups in total. The van der Waals surface area contributed by atoms with Crippen LogP contribution in [0.25, 0.3) is 0 Å². The van der Waals surface area contributed by atoms with Crippen LogP contribution in [0.15, 0.2) is 0 Å². The Balaban J connectivity index is 3.20. The number of hydrogen-bond acceptors (Lipinski definition) is 4. The SMILES string of the molecule is COC(=O)C(N)CCCCCCCCO. The normalized spacial score (nSPS) is 12.5. The maximum Gasteiger partial charge on any atom is 0.322 e. The van der Waals surface area contributed by atoms with Crippen LogP contribution in [-0.2, 0) is 9.53 Å². The van der Waals surface area contributed by atoms with E-state index in [0.29, 0.717) is 6.42 Å². The molecule has 0 fully saturated rings. The Kier molecular flexibility index (Phi) is 9.52. The third-order valence-corrected chi connectivity index (χ3v) is 2.43. The predicted molar refractivity (Wildman–Crippen MR) is 59.4 cm³/mol. The van der Waals surface area contributed by atoms with Gasteiger partial charge in [-0.1, -0.05) is 32.1 Å². The Hall–Kier alpha value is -0.610. The molecule has 0 aromatic heterocycles. The smallest absolute Gasteiger partial charge is 0.322 e. The van der Waals surface area contributed by atoms with Crippen LogP contribution in [0.2, 0.25) is 0 Å². The van der Waals surface area contributed by atoms with Crippen molar-refractivity contribution in [2.45, 2.75) is 51.0 Å². The van der Waals surface area contributed by atoms with E-state index in [1.54, 1.807) is 0 Å². The number of esters is 1. The minimum Gasteiger partial charge on any atom is -0.468 e. The van der Waals surface area contributed by atoms with Gasteiger partial charge < -0.3 is 15.6 Å². The van der Waals surface area contributed by atoms with Crippen molar-refractivity contribution in [2.24, 2.45) is 5.73 Å². The van der Waals surface area contributed by atoms with Gasteiger partial charge in [-0.3, -0.25) is 4.79 Å². The summed E-state index contributed by atoms with van der Waals surface area (Å²) in [4.78, 5) is 10.9. The standard InChI is InChI=1S/C11H23NO3/c1-15-11(14)10(12)8-6-4-2-3-5-7-9-13/h10,13H,2-9,12H2,1H3. The molecule has 90 valence electrons. The van der Waals surface area contributed by atoms with Crippen LogP contribution in [0, 0.1) is 0 Å². The van der Waals surface area contributed by atoms with Crippen molar-refractivity contribution in [1.82, 2.24) is 0 Å². The number of unbranched alkanes of at least 4 members (excludes halogenated alkanes) is 5. The Bertz CT molecular complexity index is 162. The Morgan fingerprint density at radius 2 is 1.73 bits per heavy atom. The highest BCUT2D eigenvalue weighted by Gasteiger charge is 2.12. The molecule has 0 aromatic rings. The number of nitrogens with two attached hydrogens (primary N) is 1. The van der Waals surface area contributed by atoms with Crippen LogP contribution in [0.1, 0.15) is 44.9 Å². The first-order valence-corrected chi connectivity index (χ1v) is 5.66. The molecule has 0 spiro atoms. The van der Waals surface area contributed by atoms with Crippen molar-refractivity contribution in [3.05, 3.63) is 0 Å². The lowest BCUT2D eigenvalue weighted by molar-refractivity contribution is -0.142. The number of carbonyl (C=O) groups excluding carboxylic acids is 1. The third-order valence-electron chi connectivity index (χ3n) is 2.43. The molecule has 0 aromatic carbocycles. The summed E-state index contributed by atoms with van der Waals surface area (Å²) in [5.41, 5.74) is 5.58. The second kappa shape index (κ2) is 9.93. The van der Waals surface area contributed by atoms with Gasteiger partial charge in [0.2, 0.25) is 0 Å². The van der Waals surface area contributed by atoms with Crippen molar-refractivity contribution in [3.8, 4) is 0 Å². The number of aliphatic hydroxyl groups excluding tert-OH is 1. The van der Waals surface area contributed by atoms with E-state index in [0.717, 1.165) is 38.5 Å². The summed E-state index contributed by atoms with van der Waals surface area (Å²) in [6.45, 7) is 0.285.